The SMILES string of the molecule is CN1C[C]C(Br)=N1. The number of hydrogen-bond donors (Lipinski definition) is 0. The number of hydrazone groups is 1. The molecule has 0 aromatic carbocycles. The van der Waals surface area contributed by atoms with Crippen molar-refractivity contribution in [1.29, 1.82) is 0 Å². The maximum atomic E-state index is 3.94. The smallest absolute Gasteiger partial charge is 0.113 e. The summed E-state index contributed by atoms with van der Waals surface area (Å²) in [5.41, 5.74) is 0. The lowest BCUT2D eigenvalue weighted by molar-refractivity contribution is 0.409. The van der Waals surface area contributed by atoms with Crippen molar-refractivity contribution in [2.24, 2.45) is 5.10 Å². The number of rotatable bonds is 0. The van der Waals surface area contributed by atoms with E-state index in [0.717, 1.165) is 11.2 Å². The van der Waals surface area contributed by atoms with Crippen molar-refractivity contribution in [1.82, 2.24) is 5.01 Å². The lowest BCUT2D eigenvalue weighted by Gasteiger charge is -1.99. The Hall–Kier alpha value is -0.0500. The fourth-order valence-corrected chi connectivity index (χ4v) is 0.796. The quantitative estimate of drug-likeness (QED) is 0.511. The minimum absolute atomic E-state index is 0.806. The molecule has 1 rings (SSSR count). The first-order valence-electron chi connectivity index (χ1n) is 1.98. The van der Waals surface area contributed by atoms with Crippen LogP contribution >= 0.6 is 15.9 Å². The van der Waals surface area contributed by atoms with Gasteiger partial charge in [-0.15, -0.1) is 0 Å². The maximum Gasteiger partial charge on any atom is 0.113 e. The summed E-state index contributed by atoms with van der Waals surface area (Å²) < 4.78 is 0.815. The van der Waals surface area contributed by atoms with Crippen molar-refractivity contribution < 1.29 is 0 Å². The molecule has 1 aliphatic rings. The summed E-state index contributed by atoms with van der Waals surface area (Å²) in [6, 6.07) is 0. The molecule has 3 heteroatoms. The predicted octanol–water partition coefficient (Wildman–Crippen LogP) is 0.721. The zero-order valence-corrected chi connectivity index (χ0v) is 5.57. The number of halogens is 1. The summed E-state index contributed by atoms with van der Waals surface area (Å²) in [5, 5.41) is 5.75. The summed E-state index contributed by atoms with van der Waals surface area (Å²) in [5.74, 6) is 0. The van der Waals surface area contributed by atoms with Gasteiger partial charge in [0.1, 0.15) is 4.62 Å². The summed E-state index contributed by atoms with van der Waals surface area (Å²) in [6.45, 7) is 0.806. The van der Waals surface area contributed by atoms with E-state index >= 15 is 0 Å². The van der Waals surface area contributed by atoms with Crippen LogP contribution in [0.3, 0.4) is 0 Å². The first-order valence-corrected chi connectivity index (χ1v) is 2.77. The van der Waals surface area contributed by atoms with E-state index in [2.05, 4.69) is 27.5 Å². The Balaban J connectivity index is 2.50. The van der Waals surface area contributed by atoms with Gasteiger partial charge in [0.2, 0.25) is 0 Å². The highest BCUT2D eigenvalue weighted by molar-refractivity contribution is 9.18. The van der Waals surface area contributed by atoms with Crippen molar-refractivity contribution in [3.05, 3.63) is 6.42 Å². The average Bonchev–Trinajstić information content (AvgIpc) is 1.87. The Kier molecular flexibility index (Phi) is 1.32. The molecule has 0 spiro atoms. The summed E-state index contributed by atoms with van der Waals surface area (Å²) in [6.07, 6.45) is 2.96. The van der Waals surface area contributed by atoms with E-state index in [4.69, 9.17) is 0 Å². The molecular weight excluding hydrogens is 156 g/mol. The van der Waals surface area contributed by atoms with Crippen molar-refractivity contribution in [2.45, 2.75) is 0 Å². The summed E-state index contributed by atoms with van der Waals surface area (Å²) >= 11 is 3.18. The van der Waals surface area contributed by atoms with Crippen molar-refractivity contribution in [2.75, 3.05) is 13.6 Å². The van der Waals surface area contributed by atoms with E-state index in [0.29, 0.717) is 0 Å². The highest BCUT2D eigenvalue weighted by atomic mass is 79.9. The van der Waals surface area contributed by atoms with Gasteiger partial charge in [-0.1, -0.05) is 0 Å². The normalized spacial score (nSPS) is 20.3. The first-order chi connectivity index (χ1) is 3.29. The number of hydrogen-bond acceptors (Lipinski definition) is 2. The zero-order valence-electron chi connectivity index (χ0n) is 3.98. The highest BCUT2D eigenvalue weighted by Gasteiger charge is 2.06. The molecule has 0 unspecified atom stereocenters. The van der Waals surface area contributed by atoms with Gasteiger partial charge < -0.3 is 0 Å². The average molecular weight is 161 g/mol. The predicted molar refractivity (Wildman–Crippen MR) is 32.2 cm³/mol. The fourth-order valence-electron chi connectivity index (χ4n) is 0.400. The van der Waals surface area contributed by atoms with Crippen LogP contribution in [0.25, 0.3) is 0 Å². The van der Waals surface area contributed by atoms with Crippen LogP contribution in [-0.4, -0.2) is 23.2 Å². The Morgan fingerprint density at radius 1 is 2.00 bits per heavy atom. The molecule has 0 saturated heterocycles. The summed E-state index contributed by atoms with van der Waals surface area (Å²) in [7, 11) is 1.90. The first kappa shape index (κ1) is 5.09. The second-order valence-corrected chi connectivity index (χ2v) is 2.13. The third kappa shape index (κ3) is 1.16. The third-order valence-corrected chi connectivity index (χ3v) is 1.15. The topological polar surface area (TPSA) is 15.6 Å². The standard InChI is InChI=1S/C4H5BrN2/c1-7-3-2-4(5)6-7/h3H2,1H3. The Bertz CT molecular complexity index is 99.9. The molecule has 7 heavy (non-hydrogen) atoms. The van der Waals surface area contributed by atoms with Gasteiger partial charge in [0, 0.05) is 13.6 Å². The second kappa shape index (κ2) is 1.82. The Morgan fingerprint density at radius 2 is 2.71 bits per heavy atom. The van der Waals surface area contributed by atoms with Crippen LogP contribution in [0.5, 0.6) is 0 Å². The summed E-state index contributed by atoms with van der Waals surface area (Å²) in [4.78, 5) is 0. The minimum Gasteiger partial charge on any atom is -0.298 e. The third-order valence-electron chi connectivity index (χ3n) is 0.712. The van der Waals surface area contributed by atoms with Crippen molar-refractivity contribution in [3.63, 3.8) is 0 Å². The molecule has 0 atom stereocenters. The molecule has 0 aliphatic carbocycles. The molecule has 0 N–H and O–H groups in total. The fraction of sp³-hybridized carbons (Fsp3) is 0.500. The van der Waals surface area contributed by atoms with Gasteiger partial charge in [-0.2, -0.15) is 5.10 Å². The Labute approximate surface area is 51.3 Å². The van der Waals surface area contributed by atoms with Gasteiger partial charge >= 0.3 is 0 Å². The van der Waals surface area contributed by atoms with Gasteiger partial charge in [-0.05, 0) is 15.9 Å². The van der Waals surface area contributed by atoms with E-state index in [1.807, 2.05) is 12.1 Å². The molecule has 2 radical (unpaired) electrons. The van der Waals surface area contributed by atoms with E-state index in [9.17, 15) is 0 Å². The van der Waals surface area contributed by atoms with Crippen LogP contribution in [0.1, 0.15) is 0 Å². The monoisotopic (exact) mass is 160 g/mol. The van der Waals surface area contributed by atoms with Crippen LogP contribution in [0, 0.1) is 6.42 Å². The maximum absolute atomic E-state index is 3.94. The van der Waals surface area contributed by atoms with Crippen LogP contribution in [-0.2, 0) is 0 Å². The largest absolute Gasteiger partial charge is 0.298 e. The second-order valence-electron chi connectivity index (χ2n) is 1.38. The minimum atomic E-state index is 0.806. The molecule has 2 nitrogen and oxygen atoms in total. The van der Waals surface area contributed by atoms with Gasteiger partial charge in [-0.25, -0.2) is 0 Å². The lowest BCUT2D eigenvalue weighted by Crippen LogP contribution is -2.04. The van der Waals surface area contributed by atoms with E-state index in [-0.39, 0.29) is 0 Å². The van der Waals surface area contributed by atoms with Gasteiger partial charge in [-0.3, -0.25) is 5.01 Å². The van der Waals surface area contributed by atoms with Crippen molar-refractivity contribution >= 4 is 20.6 Å². The molecule has 0 fully saturated rings. The molecule has 1 heterocycles. The van der Waals surface area contributed by atoms with E-state index < -0.39 is 0 Å². The highest BCUT2D eigenvalue weighted by Crippen LogP contribution is 2.05. The molecular formula is C4H5BrN2. The molecule has 0 aromatic heterocycles. The molecule has 0 aromatic rings. The molecule has 0 saturated carbocycles. The van der Waals surface area contributed by atoms with Gasteiger partial charge in [0.25, 0.3) is 0 Å². The number of nitrogens with zero attached hydrogens (tertiary/aromatic N) is 2. The van der Waals surface area contributed by atoms with Crippen LogP contribution in [0.15, 0.2) is 5.10 Å². The van der Waals surface area contributed by atoms with Crippen LogP contribution in [0.4, 0.5) is 0 Å². The molecule has 38 valence electrons. The van der Waals surface area contributed by atoms with Crippen molar-refractivity contribution in [3.8, 4) is 0 Å². The van der Waals surface area contributed by atoms with E-state index in [1.165, 1.54) is 0 Å². The zero-order chi connectivity index (χ0) is 5.28. The molecule has 1 aliphatic heterocycles. The molecule has 0 amide bonds. The van der Waals surface area contributed by atoms with Gasteiger partial charge in [0.15, 0.2) is 0 Å². The van der Waals surface area contributed by atoms with Crippen LogP contribution in [0.2, 0.25) is 0 Å². The van der Waals surface area contributed by atoms with E-state index in [1.54, 1.807) is 0 Å². The van der Waals surface area contributed by atoms with Crippen LogP contribution < -0.4 is 0 Å². The molecule has 0 bridgehead atoms. The van der Waals surface area contributed by atoms with Gasteiger partial charge in [0.05, 0.1) is 6.42 Å². The lowest BCUT2D eigenvalue weighted by atomic mass is 10.5. The Morgan fingerprint density at radius 3 is 2.86 bits per heavy atom.